The van der Waals surface area contributed by atoms with E-state index < -0.39 is 17.7 Å². The van der Waals surface area contributed by atoms with Gasteiger partial charge in [-0.1, -0.05) is 30.3 Å². The maximum atomic E-state index is 12.9. The van der Waals surface area contributed by atoms with Gasteiger partial charge >= 0.3 is 12.1 Å². The molecule has 0 atom stereocenters. The molecule has 0 saturated heterocycles. The van der Waals surface area contributed by atoms with Crippen LogP contribution in [-0.4, -0.2) is 17.0 Å². The standard InChI is InChI=1S/C24H18F3NO3S/c25-24(26,27)17-8-10-18(11-9-17)28-13-20-19(23(28)31)2-1-3-21(20)32-14-16-6-4-15(5-7-16)12-22(29)30/h1-11H,12-14H2,(H,29,30). The molecule has 4 rings (SSSR count). The van der Waals surface area contributed by atoms with Gasteiger partial charge in [-0.05, 0) is 53.1 Å². The largest absolute Gasteiger partial charge is 0.481 e. The van der Waals surface area contributed by atoms with Crippen molar-refractivity contribution in [3.05, 3.63) is 94.5 Å². The fourth-order valence-electron chi connectivity index (χ4n) is 3.57. The Labute approximate surface area is 186 Å². The summed E-state index contributed by atoms with van der Waals surface area (Å²) in [6, 6.07) is 17.4. The number of amides is 1. The third-order valence-corrected chi connectivity index (χ3v) is 6.37. The number of fused-ring (bicyclic) bond motifs is 1. The lowest BCUT2D eigenvalue weighted by Gasteiger charge is -2.17. The smallest absolute Gasteiger partial charge is 0.416 e. The maximum Gasteiger partial charge on any atom is 0.416 e. The molecule has 8 heteroatoms. The predicted octanol–water partition coefficient (Wildman–Crippen LogP) is 5.79. The molecule has 1 N–H and O–H groups in total. The molecule has 1 heterocycles. The summed E-state index contributed by atoms with van der Waals surface area (Å²) < 4.78 is 38.5. The van der Waals surface area contributed by atoms with Crippen LogP contribution in [0.25, 0.3) is 0 Å². The van der Waals surface area contributed by atoms with Crippen molar-refractivity contribution in [3.63, 3.8) is 0 Å². The Kier molecular flexibility index (Phi) is 5.97. The normalized spacial score (nSPS) is 13.3. The van der Waals surface area contributed by atoms with Crippen molar-refractivity contribution in [3.8, 4) is 0 Å². The third-order valence-electron chi connectivity index (χ3n) is 5.20. The predicted molar refractivity (Wildman–Crippen MR) is 116 cm³/mol. The van der Waals surface area contributed by atoms with Gasteiger partial charge in [0.15, 0.2) is 0 Å². The van der Waals surface area contributed by atoms with Gasteiger partial charge in [-0.2, -0.15) is 13.2 Å². The van der Waals surface area contributed by atoms with E-state index in [1.165, 1.54) is 17.0 Å². The molecular formula is C24H18F3NO3S. The van der Waals surface area contributed by atoms with Crippen LogP contribution < -0.4 is 4.90 Å². The zero-order chi connectivity index (χ0) is 22.9. The van der Waals surface area contributed by atoms with E-state index in [-0.39, 0.29) is 12.3 Å². The Balaban J connectivity index is 1.49. The minimum Gasteiger partial charge on any atom is -0.481 e. The van der Waals surface area contributed by atoms with Crippen molar-refractivity contribution in [2.75, 3.05) is 4.90 Å². The number of carbonyl (C=O) groups excluding carboxylic acids is 1. The number of carbonyl (C=O) groups is 2. The van der Waals surface area contributed by atoms with Crippen molar-refractivity contribution in [2.45, 2.75) is 29.8 Å². The highest BCUT2D eigenvalue weighted by Gasteiger charge is 2.33. The molecule has 0 aliphatic carbocycles. The summed E-state index contributed by atoms with van der Waals surface area (Å²) in [5.74, 6) is -0.479. The highest BCUT2D eigenvalue weighted by atomic mass is 32.2. The van der Waals surface area contributed by atoms with Crippen LogP contribution in [0.2, 0.25) is 0 Å². The number of alkyl halides is 3. The number of anilines is 1. The summed E-state index contributed by atoms with van der Waals surface area (Å²) in [5.41, 5.74) is 2.81. The molecule has 0 saturated carbocycles. The molecule has 0 radical (unpaired) electrons. The molecule has 0 unspecified atom stereocenters. The van der Waals surface area contributed by atoms with Crippen molar-refractivity contribution in [2.24, 2.45) is 0 Å². The monoisotopic (exact) mass is 457 g/mol. The van der Waals surface area contributed by atoms with Gasteiger partial charge in [-0.25, -0.2) is 0 Å². The summed E-state index contributed by atoms with van der Waals surface area (Å²) in [6.45, 7) is 0.292. The minimum absolute atomic E-state index is 0.0263. The van der Waals surface area contributed by atoms with E-state index in [4.69, 9.17) is 5.11 Å². The van der Waals surface area contributed by atoms with Gasteiger partial charge < -0.3 is 10.0 Å². The Morgan fingerprint density at radius 3 is 2.25 bits per heavy atom. The Morgan fingerprint density at radius 2 is 1.62 bits per heavy atom. The van der Waals surface area contributed by atoms with Crippen LogP contribution in [0, 0.1) is 0 Å². The van der Waals surface area contributed by atoms with Crippen LogP contribution in [0.4, 0.5) is 18.9 Å². The van der Waals surface area contributed by atoms with Gasteiger partial charge in [0.1, 0.15) is 0 Å². The number of rotatable bonds is 6. The fourth-order valence-corrected chi connectivity index (χ4v) is 4.61. The molecular weight excluding hydrogens is 439 g/mol. The van der Waals surface area contributed by atoms with E-state index in [1.807, 2.05) is 18.2 Å². The van der Waals surface area contributed by atoms with Gasteiger partial charge in [0, 0.05) is 21.9 Å². The van der Waals surface area contributed by atoms with Gasteiger partial charge in [0.25, 0.3) is 5.91 Å². The lowest BCUT2D eigenvalue weighted by molar-refractivity contribution is -0.138. The molecule has 4 nitrogen and oxygen atoms in total. The first-order valence-corrected chi connectivity index (χ1v) is 10.7. The van der Waals surface area contributed by atoms with E-state index in [0.29, 0.717) is 23.5 Å². The summed E-state index contributed by atoms with van der Waals surface area (Å²) in [6.07, 6.45) is -4.45. The van der Waals surface area contributed by atoms with E-state index in [9.17, 15) is 22.8 Å². The molecule has 32 heavy (non-hydrogen) atoms. The van der Waals surface area contributed by atoms with E-state index in [0.717, 1.165) is 33.7 Å². The Bertz CT molecular complexity index is 1160. The average Bonchev–Trinajstić information content (AvgIpc) is 3.09. The van der Waals surface area contributed by atoms with Crippen LogP contribution in [0.3, 0.4) is 0 Å². The van der Waals surface area contributed by atoms with Crippen LogP contribution in [0.1, 0.15) is 32.6 Å². The molecule has 3 aromatic carbocycles. The molecule has 0 bridgehead atoms. The Hall–Kier alpha value is -3.26. The first-order valence-electron chi connectivity index (χ1n) is 9.76. The Morgan fingerprint density at radius 1 is 0.969 bits per heavy atom. The molecule has 1 aliphatic heterocycles. The second-order valence-corrected chi connectivity index (χ2v) is 8.41. The van der Waals surface area contributed by atoms with Crippen molar-refractivity contribution in [1.29, 1.82) is 0 Å². The summed E-state index contributed by atoms with van der Waals surface area (Å²) in [7, 11) is 0. The molecule has 3 aromatic rings. The molecule has 0 fully saturated rings. The maximum absolute atomic E-state index is 12.9. The molecule has 164 valence electrons. The number of aliphatic carboxylic acids is 1. The fraction of sp³-hybridized carbons (Fsp3) is 0.167. The van der Waals surface area contributed by atoms with Crippen molar-refractivity contribution < 1.29 is 27.9 Å². The minimum atomic E-state index is -4.42. The number of nitrogens with zero attached hydrogens (tertiary/aromatic N) is 1. The van der Waals surface area contributed by atoms with Gasteiger partial charge in [-0.15, -0.1) is 11.8 Å². The highest BCUT2D eigenvalue weighted by molar-refractivity contribution is 7.98. The first kappa shape index (κ1) is 22.0. The second-order valence-electron chi connectivity index (χ2n) is 7.39. The lowest BCUT2D eigenvalue weighted by Crippen LogP contribution is -2.23. The van der Waals surface area contributed by atoms with Gasteiger partial charge in [0.2, 0.25) is 0 Å². The highest BCUT2D eigenvalue weighted by Crippen LogP contribution is 2.37. The number of benzene rings is 3. The topological polar surface area (TPSA) is 57.6 Å². The second kappa shape index (κ2) is 8.70. The first-order chi connectivity index (χ1) is 15.2. The quantitative estimate of drug-likeness (QED) is 0.477. The zero-order valence-electron chi connectivity index (χ0n) is 16.7. The van der Waals surface area contributed by atoms with Crippen molar-refractivity contribution >= 4 is 29.3 Å². The zero-order valence-corrected chi connectivity index (χ0v) is 17.5. The lowest BCUT2D eigenvalue weighted by atomic mass is 10.1. The van der Waals surface area contributed by atoms with Gasteiger partial charge in [0.05, 0.1) is 18.5 Å². The van der Waals surface area contributed by atoms with Crippen LogP contribution >= 0.6 is 11.8 Å². The number of hydrogen-bond donors (Lipinski definition) is 1. The molecule has 1 amide bonds. The molecule has 1 aliphatic rings. The number of carboxylic acids is 1. The number of halogens is 3. The van der Waals surface area contributed by atoms with E-state index >= 15 is 0 Å². The summed E-state index contributed by atoms with van der Waals surface area (Å²) >= 11 is 1.56. The van der Waals surface area contributed by atoms with Crippen molar-refractivity contribution in [1.82, 2.24) is 0 Å². The average molecular weight is 457 g/mol. The van der Waals surface area contributed by atoms with E-state index in [1.54, 1.807) is 36.0 Å². The van der Waals surface area contributed by atoms with Crippen LogP contribution in [0.15, 0.2) is 71.6 Å². The SMILES string of the molecule is O=C(O)Cc1ccc(CSc2cccc3c2CN(c2ccc(C(F)(F)F)cc2)C3=O)cc1. The molecule has 0 spiro atoms. The summed E-state index contributed by atoms with van der Waals surface area (Å²) in [5, 5.41) is 8.87. The number of hydrogen-bond acceptors (Lipinski definition) is 3. The third kappa shape index (κ3) is 4.65. The molecule has 0 aromatic heterocycles. The van der Waals surface area contributed by atoms with E-state index in [2.05, 4.69) is 0 Å². The van der Waals surface area contributed by atoms with Gasteiger partial charge in [-0.3, -0.25) is 9.59 Å². The van der Waals surface area contributed by atoms with Crippen LogP contribution in [0.5, 0.6) is 0 Å². The number of thioether (sulfide) groups is 1. The van der Waals surface area contributed by atoms with Crippen LogP contribution in [-0.2, 0) is 29.7 Å². The number of carboxylic acid groups (broad SMARTS) is 1. The summed E-state index contributed by atoms with van der Waals surface area (Å²) in [4.78, 5) is 26.1.